The van der Waals surface area contributed by atoms with Crippen LogP contribution in [0.1, 0.15) is 58.1 Å². The lowest BCUT2D eigenvalue weighted by Gasteiger charge is -2.22. The molecule has 3 heterocycles. The SMILES string of the molecule is Cc1c(NC(=O)c2ccn(C3CCCNC3)n2)cccc1C(=O)N1CCCC1. The van der Waals surface area contributed by atoms with Gasteiger partial charge in [-0.2, -0.15) is 5.10 Å². The quantitative estimate of drug-likeness (QED) is 0.853. The van der Waals surface area contributed by atoms with E-state index < -0.39 is 0 Å². The molecule has 2 fully saturated rings. The predicted octanol–water partition coefficient (Wildman–Crippen LogP) is 2.60. The number of nitrogens with zero attached hydrogens (tertiary/aromatic N) is 3. The number of hydrogen-bond donors (Lipinski definition) is 2. The van der Waals surface area contributed by atoms with Crippen LogP contribution in [0, 0.1) is 6.92 Å². The molecular weight excluding hydrogens is 354 g/mol. The number of anilines is 1. The Morgan fingerprint density at radius 2 is 2.00 bits per heavy atom. The molecule has 1 aromatic carbocycles. The Kier molecular flexibility index (Phi) is 5.43. The van der Waals surface area contributed by atoms with Crippen LogP contribution in [0.4, 0.5) is 5.69 Å². The first-order valence-corrected chi connectivity index (χ1v) is 10.1. The zero-order valence-electron chi connectivity index (χ0n) is 16.3. The standard InChI is InChI=1S/C21H27N5O2/c1-15-17(21(28)25-11-2-3-12-25)7-4-8-18(15)23-20(27)19-9-13-26(24-19)16-6-5-10-22-14-16/h4,7-9,13,16,22H,2-3,5-6,10-12,14H2,1H3,(H,23,27). The molecule has 7 heteroatoms. The maximum atomic E-state index is 12.7. The van der Waals surface area contributed by atoms with E-state index in [-0.39, 0.29) is 11.8 Å². The maximum Gasteiger partial charge on any atom is 0.276 e. The van der Waals surface area contributed by atoms with Crippen molar-refractivity contribution in [1.29, 1.82) is 0 Å². The molecule has 148 valence electrons. The van der Waals surface area contributed by atoms with Crippen molar-refractivity contribution in [2.24, 2.45) is 0 Å². The summed E-state index contributed by atoms with van der Waals surface area (Å²) in [5.41, 5.74) is 2.49. The third-order valence-corrected chi connectivity index (χ3v) is 5.69. The van der Waals surface area contributed by atoms with Crippen molar-refractivity contribution in [3.05, 3.63) is 47.3 Å². The maximum absolute atomic E-state index is 12.7. The molecule has 2 amide bonds. The van der Waals surface area contributed by atoms with E-state index in [1.807, 2.05) is 40.9 Å². The highest BCUT2D eigenvalue weighted by Gasteiger charge is 2.23. The molecular formula is C21H27N5O2. The summed E-state index contributed by atoms with van der Waals surface area (Å²) in [6, 6.07) is 7.52. The molecule has 7 nitrogen and oxygen atoms in total. The van der Waals surface area contributed by atoms with E-state index >= 15 is 0 Å². The molecule has 4 rings (SSSR count). The molecule has 2 aromatic rings. The number of piperidine rings is 1. The highest BCUT2D eigenvalue weighted by atomic mass is 16.2. The Morgan fingerprint density at radius 1 is 1.18 bits per heavy atom. The van der Waals surface area contributed by atoms with E-state index in [0.717, 1.165) is 57.4 Å². The molecule has 0 saturated carbocycles. The second-order valence-corrected chi connectivity index (χ2v) is 7.61. The third-order valence-electron chi connectivity index (χ3n) is 5.69. The van der Waals surface area contributed by atoms with Crippen molar-refractivity contribution in [3.8, 4) is 0 Å². The smallest absolute Gasteiger partial charge is 0.276 e. The number of benzene rings is 1. The number of nitrogens with one attached hydrogen (secondary N) is 2. The highest BCUT2D eigenvalue weighted by molar-refractivity contribution is 6.05. The first-order valence-electron chi connectivity index (χ1n) is 10.1. The normalized spacial score (nSPS) is 19.6. The second-order valence-electron chi connectivity index (χ2n) is 7.61. The van der Waals surface area contributed by atoms with Gasteiger partial charge in [0.2, 0.25) is 0 Å². The Bertz CT molecular complexity index is 863. The first kappa shape index (κ1) is 18.7. The summed E-state index contributed by atoms with van der Waals surface area (Å²) in [4.78, 5) is 27.3. The number of carbonyl (C=O) groups excluding carboxylic acids is 2. The highest BCUT2D eigenvalue weighted by Crippen LogP contribution is 2.23. The van der Waals surface area contributed by atoms with Gasteiger partial charge in [-0.25, -0.2) is 0 Å². The van der Waals surface area contributed by atoms with Crippen LogP contribution in [0.15, 0.2) is 30.5 Å². The Labute approximate surface area is 165 Å². The number of aromatic nitrogens is 2. The fourth-order valence-electron chi connectivity index (χ4n) is 4.00. The van der Waals surface area contributed by atoms with Crippen LogP contribution < -0.4 is 10.6 Å². The molecule has 28 heavy (non-hydrogen) atoms. The monoisotopic (exact) mass is 381 g/mol. The topological polar surface area (TPSA) is 79.3 Å². The van der Waals surface area contributed by atoms with E-state index in [4.69, 9.17) is 0 Å². The molecule has 2 aliphatic heterocycles. The summed E-state index contributed by atoms with van der Waals surface area (Å²) in [6.07, 6.45) is 6.16. The minimum absolute atomic E-state index is 0.0418. The number of rotatable bonds is 4. The molecule has 0 radical (unpaired) electrons. The van der Waals surface area contributed by atoms with Gasteiger partial charge in [-0.3, -0.25) is 14.3 Å². The van der Waals surface area contributed by atoms with Gasteiger partial charge >= 0.3 is 0 Å². The second kappa shape index (κ2) is 8.14. The van der Waals surface area contributed by atoms with Crippen LogP contribution in [-0.4, -0.2) is 52.7 Å². The summed E-state index contributed by atoms with van der Waals surface area (Å²) in [5.74, 6) is -0.212. The summed E-state index contributed by atoms with van der Waals surface area (Å²) >= 11 is 0. The minimum Gasteiger partial charge on any atom is -0.339 e. The average molecular weight is 381 g/mol. The molecule has 1 aromatic heterocycles. The number of hydrogen-bond acceptors (Lipinski definition) is 4. The van der Waals surface area contributed by atoms with E-state index in [0.29, 0.717) is 23.0 Å². The van der Waals surface area contributed by atoms with Crippen molar-refractivity contribution in [2.45, 2.75) is 38.6 Å². The van der Waals surface area contributed by atoms with E-state index in [1.54, 1.807) is 6.07 Å². The van der Waals surface area contributed by atoms with Crippen LogP contribution in [0.2, 0.25) is 0 Å². The molecule has 1 unspecified atom stereocenters. The zero-order chi connectivity index (χ0) is 19.5. The minimum atomic E-state index is -0.253. The van der Waals surface area contributed by atoms with Gasteiger partial charge in [-0.1, -0.05) is 6.07 Å². The lowest BCUT2D eigenvalue weighted by Crippen LogP contribution is -2.32. The lowest BCUT2D eigenvalue weighted by atomic mass is 10.1. The van der Waals surface area contributed by atoms with Crippen molar-refractivity contribution in [3.63, 3.8) is 0 Å². The molecule has 2 aliphatic rings. The average Bonchev–Trinajstić information content (AvgIpc) is 3.42. The van der Waals surface area contributed by atoms with Crippen LogP contribution in [0.25, 0.3) is 0 Å². The van der Waals surface area contributed by atoms with Crippen LogP contribution >= 0.6 is 0 Å². The molecule has 0 bridgehead atoms. The first-order chi connectivity index (χ1) is 13.6. The fraction of sp³-hybridized carbons (Fsp3) is 0.476. The molecule has 2 N–H and O–H groups in total. The number of carbonyl (C=O) groups is 2. The number of amides is 2. The third kappa shape index (κ3) is 3.80. The van der Waals surface area contributed by atoms with E-state index in [1.165, 1.54) is 0 Å². The Morgan fingerprint density at radius 3 is 2.75 bits per heavy atom. The van der Waals surface area contributed by atoms with Gasteiger partial charge in [0.15, 0.2) is 5.69 Å². The van der Waals surface area contributed by atoms with Gasteiger partial charge in [0.1, 0.15) is 0 Å². The van der Waals surface area contributed by atoms with Gasteiger partial charge in [-0.05, 0) is 62.9 Å². The van der Waals surface area contributed by atoms with E-state index in [2.05, 4.69) is 15.7 Å². The summed E-state index contributed by atoms with van der Waals surface area (Å²) in [6.45, 7) is 5.41. The van der Waals surface area contributed by atoms with Crippen LogP contribution in [0.5, 0.6) is 0 Å². The van der Waals surface area contributed by atoms with Gasteiger partial charge in [0, 0.05) is 37.1 Å². The predicted molar refractivity (Wildman–Crippen MR) is 108 cm³/mol. The molecule has 0 spiro atoms. The van der Waals surface area contributed by atoms with Gasteiger partial charge in [0.05, 0.1) is 6.04 Å². The van der Waals surface area contributed by atoms with Gasteiger partial charge in [0.25, 0.3) is 11.8 Å². The van der Waals surface area contributed by atoms with Gasteiger partial charge in [-0.15, -0.1) is 0 Å². The summed E-state index contributed by atoms with van der Waals surface area (Å²) < 4.78 is 1.88. The van der Waals surface area contributed by atoms with E-state index in [9.17, 15) is 9.59 Å². The molecule has 2 saturated heterocycles. The zero-order valence-corrected chi connectivity index (χ0v) is 16.3. The van der Waals surface area contributed by atoms with Crippen molar-refractivity contribution in [1.82, 2.24) is 20.0 Å². The lowest BCUT2D eigenvalue weighted by molar-refractivity contribution is 0.0791. The fourth-order valence-corrected chi connectivity index (χ4v) is 4.00. The Hall–Kier alpha value is -2.67. The van der Waals surface area contributed by atoms with Crippen molar-refractivity contribution >= 4 is 17.5 Å². The van der Waals surface area contributed by atoms with Crippen LogP contribution in [-0.2, 0) is 0 Å². The summed E-state index contributed by atoms with van der Waals surface area (Å²) in [7, 11) is 0. The number of likely N-dealkylation sites (tertiary alicyclic amines) is 1. The molecule has 1 atom stereocenters. The van der Waals surface area contributed by atoms with Crippen molar-refractivity contribution < 1.29 is 9.59 Å². The van der Waals surface area contributed by atoms with Crippen molar-refractivity contribution in [2.75, 3.05) is 31.5 Å². The molecule has 0 aliphatic carbocycles. The van der Waals surface area contributed by atoms with Gasteiger partial charge < -0.3 is 15.5 Å². The largest absolute Gasteiger partial charge is 0.339 e. The van der Waals surface area contributed by atoms with Crippen LogP contribution in [0.3, 0.4) is 0 Å². The Balaban J connectivity index is 1.48. The summed E-state index contributed by atoms with van der Waals surface area (Å²) in [5, 5.41) is 10.8.